The smallest absolute Gasteiger partial charge is 0.135 e. The van der Waals surface area contributed by atoms with Crippen LogP contribution in [0.2, 0.25) is 0 Å². The van der Waals surface area contributed by atoms with Gasteiger partial charge in [0.15, 0.2) is 0 Å². The highest BCUT2D eigenvalue weighted by atomic mass is 16.5. The molecule has 5 nitrogen and oxygen atoms in total. The summed E-state index contributed by atoms with van der Waals surface area (Å²) in [6.45, 7) is 5.11. The first-order valence-corrected chi connectivity index (χ1v) is 8.16. The molecule has 1 N–H and O–H groups in total. The molecule has 1 fully saturated rings. The summed E-state index contributed by atoms with van der Waals surface area (Å²) < 4.78 is 5.06. The predicted octanol–water partition coefficient (Wildman–Crippen LogP) is 1.42. The lowest BCUT2D eigenvalue weighted by atomic mass is 9.96. The van der Waals surface area contributed by atoms with Crippen molar-refractivity contribution in [3.05, 3.63) is 17.6 Å². The topological polar surface area (TPSA) is 50.3 Å². The van der Waals surface area contributed by atoms with E-state index in [4.69, 9.17) is 4.74 Å². The maximum absolute atomic E-state index is 5.06. The Hall–Kier alpha value is -1.20. The summed E-state index contributed by atoms with van der Waals surface area (Å²) in [5.41, 5.74) is 2.69. The molecule has 2 heterocycles. The average Bonchev–Trinajstić information content (AvgIpc) is 3.01. The van der Waals surface area contributed by atoms with Gasteiger partial charge in [-0.15, -0.1) is 0 Å². The first-order chi connectivity index (χ1) is 10.4. The standard InChI is InChI=1S/C16H26N4O/c1-21-10-7-17-11-13-5-8-20(9-6-13)16-14-3-2-4-15(14)18-12-19-16/h12-13,17H,2-11H2,1H3. The van der Waals surface area contributed by atoms with Crippen LogP contribution < -0.4 is 10.2 Å². The fourth-order valence-electron chi connectivity index (χ4n) is 3.44. The lowest BCUT2D eigenvalue weighted by Gasteiger charge is -2.33. The fraction of sp³-hybridized carbons (Fsp3) is 0.750. The van der Waals surface area contributed by atoms with E-state index in [9.17, 15) is 0 Å². The molecule has 0 aromatic carbocycles. The molecule has 1 aliphatic carbocycles. The summed E-state index contributed by atoms with van der Waals surface area (Å²) in [6, 6.07) is 0. The normalized spacial score (nSPS) is 19.0. The van der Waals surface area contributed by atoms with Gasteiger partial charge in [-0.3, -0.25) is 0 Å². The number of ether oxygens (including phenoxy) is 1. The summed E-state index contributed by atoms with van der Waals surface area (Å²) in [7, 11) is 1.75. The van der Waals surface area contributed by atoms with E-state index >= 15 is 0 Å². The van der Waals surface area contributed by atoms with Crippen molar-refractivity contribution in [2.45, 2.75) is 32.1 Å². The Kier molecular flexibility index (Phi) is 5.04. The van der Waals surface area contributed by atoms with Gasteiger partial charge in [0.1, 0.15) is 12.1 Å². The van der Waals surface area contributed by atoms with Crippen LogP contribution in [0.25, 0.3) is 0 Å². The van der Waals surface area contributed by atoms with E-state index in [0.29, 0.717) is 0 Å². The van der Waals surface area contributed by atoms with Crippen LogP contribution in [0, 0.1) is 5.92 Å². The van der Waals surface area contributed by atoms with Crippen molar-refractivity contribution >= 4 is 5.82 Å². The molecule has 21 heavy (non-hydrogen) atoms. The van der Waals surface area contributed by atoms with Crippen LogP contribution in [0.4, 0.5) is 5.82 Å². The number of anilines is 1. The number of aryl methyl sites for hydroxylation is 1. The molecule has 1 aromatic heterocycles. The Morgan fingerprint density at radius 2 is 2.14 bits per heavy atom. The Morgan fingerprint density at radius 1 is 1.29 bits per heavy atom. The van der Waals surface area contributed by atoms with Crippen LogP contribution in [0.5, 0.6) is 0 Å². The van der Waals surface area contributed by atoms with Crippen molar-refractivity contribution in [2.75, 3.05) is 44.8 Å². The van der Waals surface area contributed by atoms with Gasteiger partial charge in [0.25, 0.3) is 0 Å². The summed E-state index contributed by atoms with van der Waals surface area (Å²) in [5.74, 6) is 2.00. The molecule has 0 spiro atoms. The van der Waals surface area contributed by atoms with Crippen LogP contribution >= 0.6 is 0 Å². The highest BCUT2D eigenvalue weighted by molar-refractivity contribution is 5.50. The van der Waals surface area contributed by atoms with Crippen molar-refractivity contribution in [1.82, 2.24) is 15.3 Å². The average molecular weight is 290 g/mol. The van der Waals surface area contributed by atoms with Crippen LogP contribution in [-0.2, 0) is 17.6 Å². The van der Waals surface area contributed by atoms with E-state index in [1.807, 2.05) is 0 Å². The number of rotatable bonds is 6. The first-order valence-electron chi connectivity index (χ1n) is 8.16. The number of hydrogen-bond donors (Lipinski definition) is 1. The molecule has 0 atom stereocenters. The SMILES string of the molecule is COCCNCC1CCN(c2ncnc3c2CCC3)CC1. The number of piperidine rings is 1. The second-order valence-electron chi connectivity index (χ2n) is 6.10. The van der Waals surface area contributed by atoms with E-state index in [1.54, 1.807) is 13.4 Å². The van der Waals surface area contributed by atoms with Gasteiger partial charge < -0.3 is 15.0 Å². The minimum Gasteiger partial charge on any atom is -0.383 e. The number of methoxy groups -OCH3 is 1. The van der Waals surface area contributed by atoms with Gasteiger partial charge >= 0.3 is 0 Å². The van der Waals surface area contributed by atoms with Crippen LogP contribution in [0.1, 0.15) is 30.5 Å². The Bertz CT molecular complexity index is 458. The molecule has 2 aliphatic rings. The second kappa shape index (κ2) is 7.18. The third-order valence-electron chi connectivity index (χ3n) is 4.68. The Balaban J connectivity index is 1.51. The molecule has 0 bridgehead atoms. The number of nitrogens with zero attached hydrogens (tertiary/aromatic N) is 3. The van der Waals surface area contributed by atoms with Gasteiger partial charge in [-0.1, -0.05) is 0 Å². The molecule has 3 rings (SSSR count). The van der Waals surface area contributed by atoms with Gasteiger partial charge in [0, 0.05) is 38.0 Å². The van der Waals surface area contributed by atoms with Crippen molar-refractivity contribution in [2.24, 2.45) is 5.92 Å². The van der Waals surface area contributed by atoms with Gasteiger partial charge in [0.2, 0.25) is 0 Å². The highest BCUT2D eigenvalue weighted by Crippen LogP contribution is 2.30. The summed E-state index contributed by atoms with van der Waals surface area (Å²) in [5, 5.41) is 3.48. The predicted molar refractivity (Wildman–Crippen MR) is 83.7 cm³/mol. The van der Waals surface area contributed by atoms with Crippen molar-refractivity contribution in [3.63, 3.8) is 0 Å². The minimum atomic E-state index is 0.785. The molecule has 116 valence electrons. The van der Waals surface area contributed by atoms with Crippen LogP contribution in [0.15, 0.2) is 6.33 Å². The van der Waals surface area contributed by atoms with E-state index in [2.05, 4.69) is 20.2 Å². The van der Waals surface area contributed by atoms with E-state index in [-0.39, 0.29) is 0 Å². The summed E-state index contributed by atoms with van der Waals surface area (Å²) in [4.78, 5) is 11.5. The first kappa shape index (κ1) is 14.7. The zero-order valence-electron chi connectivity index (χ0n) is 13.0. The molecule has 0 radical (unpaired) electrons. The highest BCUT2D eigenvalue weighted by Gasteiger charge is 2.24. The quantitative estimate of drug-likeness (QED) is 0.803. The Morgan fingerprint density at radius 3 is 2.95 bits per heavy atom. The van der Waals surface area contributed by atoms with Gasteiger partial charge in [0.05, 0.1) is 6.61 Å². The fourth-order valence-corrected chi connectivity index (χ4v) is 3.44. The summed E-state index contributed by atoms with van der Waals surface area (Å²) in [6.07, 6.45) is 7.77. The molecule has 0 unspecified atom stereocenters. The van der Waals surface area contributed by atoms with E-state index in [1.165, 1.54) is 36.3 Å². The third kappa shape index (κ3) is 3.52. The second-order valence-corrected chi connectivity index (χ2v) is 6.10. The van der Waals surface area contributed by atoms with Crippen molar-refractivity contribution in [3.8, 4) is 0 Å². The van der Waals surface area contributed by atoms with Gasteiger partial charge in [-0.25, -0.2) is 9.97 Å². The number of hydrogen-bond acceptors (Lipinski definition) is 5. The molecule has 0 amide bonds. The molecule has 5 heteroatoms. The summed E-state index contributed by atoms with van der Waals surface area (Å²) >= 11 is 0. The molecule has 1 aromatic rings. The number of nitrogens with one attached hydrogen (secondary N) is 1. The maximum atomic E-state index is 5.06. The zero-order chi connectivity index (χ0) is 14.5. The number of fused-ring (bicyclic) bond motifs is 1. The lowest BCUT2D eigenvalue weighted by Crippen LogP contribution is -2.38. The monoisotopic (exact) mass is 290 g/mol. The number of aromatic nitrogens is 2. The molecular formula is C16H26N4O. The Labute approximate surface area is 127 Å². The van der Waals surface area contributed by atoms with E-state index < -0.39 is 0 Å². The van der Waals surface area contributed by atoms with Gasteiger partial charge in [-0.2, -0.15) is 0 Å². The lowest BCUT2D eigenvalue weighted by molar-refractivity contribution is 0.196. The zero-order valence-corrected chi connectivity index (χ0v) is 13.0. The molecule has 0 saturated carbocycles. The minimum absolute atomic E-state index is 0.785. The van der Waals surface area contributed by atoms with E-state index in [0.717, 1.165) is 51.5 Å². The maximum Gasteiger partial charge on any atom is 0.135 e. The molecule has 1 saturated heterocycles. The molecular weight excluding hydrogens is 264 g/mol. The third-order valence-corrected chi connectivity index (χ3v) is 4.68. The van der Waals surface area contributed by atoms with Crippen LogP contribution in [-0.4, -0.2) is 49.9 Å². The van der Waals surface area contributed by atoms with Crippen molar-refractivity contribution < 1.29 is 4.74 Å². The van der Waals surface area contributed by atoms with Gasteiger partial charge in [-0.05, 0) is 44.6 Å². The largest absolute Gasteiger partial charge is 0.383 e. The van der Waals surface area contributed by atoms with Crippen molar-refractivity contribution in [1.29, 1.82) is 0 Å². The van der Waals surface area contributed by atoms with Crippen LogP contribution in [0.3, 0.4) is 0 Å². The molecule has 1 aliphatic heterocycles.